The lowest BCUT2D eigenvalue weighted by molar-refractivity contribution is 0.197. The molecule has 0 amide bonds. The molecule has 0 radical (unpaired) electrons. The van der Waals surface area contributed by atoms with Crippen LogP contribution in [0.3, 0.4) is 0 Å². The number of fused-ring (bicyclic) bond motifs is 1. The second-order valence-electron chi connectivity index (χ2n) is 4.55. The van der Waals surface area contributed by atoms with Crippen LogP contribution >= 0.6 is 11.6 Å². The van der Waals surface area contributed by atoms with Gasteiger partial charge in [-0.25, -0.2) is 0 Å². The van der Waals surface area contributed by atoms with Crippen LogP contribution < -0.4 is 10.1 Å². The summed E-state index contributed by atoms with van der Waals surface area (Å²) < 4.78 is 6.11. The summed E-state index contributed by atoms with van der Waals surface area (Å²) in [5, 5.41) is 6.21. The molecule has 0 aliphatic rings. The third kappa shape index (κ3) is 3.40. The fourth-order valence-electron chi connectivity index (χ4n) is 2.09. The molecule has 3 heteroatoms. The van der Waals surface area contributed by atoms with Crippen LogP contribution in [0, 0.1) is 0 Å². The van der Waals surface area contributed by atoms with Crippen molar-refractivity contribution < 1.29 is 4.74 Å². The monoisotopic (exact) mass is 277 g/mol. The van der Waals surface area contributed by atoms with E-state index in [1.165, 1.54) is 0 Å². The number of likely N-dealkylation sites (N-methyl/N-ethyl adjacent to an activating group) is 1. The largest absolute Gasteiger partial charge is 0.488 e. The molecule has 0 aromatic heterocycles. The van der Waals surface area contributed by atoms with Gasteiger partial charge in [0.15, 0.2) is 0 Å². The predicted octanol–water partition coefficient (Wildman–Crippen LogP) is 4.26. The molecule has 0 saturated heterocycles. The Morgan fingerprint density at radius 2 is 1.84 bits per heavy atom. The molecule has 0 bridgehead atoms. The molecule has 0 aliphatic carbocycles. The van der Waals surface area contributed by atoms with Gasteiger partial charge in [-0.05, 0) is 25.1 Å². The molecule has 2 aromatic rings. The molecule has 1 atom stereocenters. The van der Waals surface area contributed by atoms with Crippen molar-refractivity contribution in [3.63, 3.8) is 0 Å². The molecular formula is C16H20ClNO. The molecule has 0 spiro atoms. The number of halogens is 1. The summed E-state index contributed by atoms with van der Waals surface area (Å²) in [5.74, 6) is 0.907. The quantitative estimate of drug-likeness (QED) is 0.852. The molecule has 0 heterocycles. The Balaban J connectivity index is 2.27. The second kappa shape index (κ2) is 6.78. The molecule has 0 saturated carbocycles. The molecular weight excluding hydrogens is 258 g/mol. The van der Waals surface area contributed by atoms with Gasteiger partial charge in [0.05, 0.1) is 0 Å². The number of hydrogen-bond donors (Lipinski definition) is 1. The van der Waals surface area contributed by atoms with Gasteiger partial charge in [0.25, 0.3) is 0 Å². The smallest absolute Gasteiger partial charge is 0.127 e. The number of nitrogens with one attached hydrogen (secondary N) is 1. The van der Waals surface area contributed by atoms with Crippen molar-refractivity contribution in [1.29, 1.82) is 0 Å². The van der Waals surface area contributed by atoms with E-state index >= 15 is 0 Å². The number of hydrogen-bond acceptors (Lipinski definition) is 2. The summed E-state index contributed by atoms with van der Waals surface area (Å²) in [7, 11) is 0. The zero-order chi connectivity index (χ0) is 13.7. The zero-order valence-electron chi connectivity index (χ0n) is 11.4. The summed E-state index contributed by atoms with van der Waals surface area (Å²) in [6.45, 7) is 6.07. The van der Waals surface area contributed by atoms with Gasteiger partial charge in [-0.3, -0.25) is 0 Å². The van der Waals surface area contributed by atoms with E-state index in [9.17, 15) is 0 Å². The van der Waals surface area contributed by atoms with E-state index < -0.39 is 0 Å². The molecule has 2 nitrogen and oxygen atoms in total. The molecule has 2 rings (SSSR count). The maximum absolute atomic E-state index is 6.22. The van der Waals surface area contributed by atoms with Crippen LogP contribution in [-0.4, -0.2) is 19.2 Å². The zero-order valence-corrected chi connectivity index (χ0v) is 12.2. The highest BCUT2D eigenvalue weighted by atomic mass is 35.5. The summed E-state index contributed by atoms with van der Waals surface area (Å²) in [4.78, 5) is 0. The third-order valence-electron chi connectivity index (χ3n) is 3.20. The maximum Gasteiger partial charge on any atom is 0.127 e. The Hall–Kier alpha value is -1.25. The topological polar surface area (TPSA) is 21.3 Å². The van der Waals surface area contributed by atoms with E-state index in [2.05, 4.69) is 25.2 Å². The molecule has 19 heavy (non-hydrogen) atoms. The normalized spacial score (nSPS) is 12.6. The molecule has 0 fully saturated rings. The fourth-order valence-corrected chi connectivity index (χ4v) is 2.32. The standard InChI is InChI=1S/C16H20ClNO/c1-3-12(11-18-4-2)19-16-10-9-15(17)13-7-5-6-8-14(13)16/h5-10,12,18H,3-4,11H2,1-2H3. The van der Waals surface area contributed by atoms with E-state index in [0.717, 1.165) is 41.1 Å². The first kappa shape index (κ1) is 14.2. The Morgan fingerprint density at radius 1 is 1.11 bits per heavy atom. The lowest BCUT2D eigenvalue weighted by atomic mass is 10.1. The molecule has 0 aliphatic heterocycles. The Labute approximate surface area is 119 Å². The van der Waals surface area contributed by atoms with Crippen molar-refractivity contribution in [2.75, 3.05) is 13.1 Å². The van der Waals surface area contributed by atoms with Gasteiger partial charge < -0.3 is 10.1 Å². The van der Waals surface area contributed by atoms with Crippen molar-refractivity contribution in [3.05, 3.63) is 41.4 Å². The number of rotatable bonds is 6. The number of benzene rings is 2. The summed E-state index contributed by atoms with van der Waals surface area (Å²) in [6, 6.07) is 11.9. The van der Waals surface area contributed by atoms with Crippen LogP contribution in [0.4, 0.5) is 0 Å². The van der Waals surface area contributed by atoms with E-state index in [1.54, 1.807) is 0 Å². The lowest BCUT2D eigenvalue weighted by Gasteiger charge is -2.19. The van der Waals surface area contributed by atoms with Crippen molar-refractivity contribution in [2.45, 2.75) is 26.4 Å². The van der Waals surface area contributed by atoms with Gasteiger partial charge in [-0.1, -0.05) is 49.7 Å². The second-order valence-corrected chi connectivity index (χ2v) is 4.95. The van der Waals surface area contributed by atoms with E-state index in [0.29, 0.717) is 0 Å². The van der Waals surface area contributed by atoms with Crippen LogP contribution in [0.15, 0.2) is 36.4 Å². The van der Waals surface area contributed by atoms with Gasteiger partial charge in [-0.2, -0.15) is 0 Å². The first-order chi connectivity index (χ1) is 9.26. The average molecular weight is 278 g/mol. The molecule has 2 aromatic carbocycles. The van der Waals surface area contributed by atoms with Gasteiger partial charge in [0.1, 0.15) is 11.9 Å². The highest BCUT2D eigenvalue weighted by Gasteiger charge is 2.11. The first-order valence-corrected chi connectivity index (χ1v) is 7.18. The van der Waals surface area contributed by atoms with Crippen molar-refractivity contribution >= 4 is 22.4 Å². The van der Waals surface area contributed by atoms with Crippen LogP contribution in [0.1, 0.15) is 20.3 Å². The van der Waals surface area contributed by atoms with E-state index in [4.69, 9.17) is 16.3 Å². The summed E-state index contributed by atoms with van der Waals surface area (Å²) in [5.41, 5.74) is 0. The summed E-state index contributed by atoms with van der Waals surface area (Å²) in [6.07, 6.45) is 1.16. The van der Waals surface area contributed by atoms with Gasteiger partial charge in [0.2, 0.25) is 0 Å². The van der Waals surface area contributed by atoms with E-state index in [-0.39, 0.29) is 6.10 Å². The van der Waals surface area contributed by atoms with Crippen LogP contribution in [-0.2, 0) is 0 Å². The third-order valence-corrected chi connectivity index (χ3v) is 3.53. The fraction of sp³-hybridized carbons (Fsp3) is 0.375. The lowest BCUT2D eigenvalue weighted by Crippen LogP contribution is -2.30. The minimum absolute atomic E-state index is 0.185. The summed E-state index contributed by atoms with van der Waals surface area (Å²) >= 11 is 6.22. The predicted molar refractivity (Wildman–Crippen MR) is 82.2 cm³/mol. The van der Waals surface area contributed by atoms with Gasteiger partial charge >= 0.3 is 0 Å². The number of ether oxygens (including phenoxy) is 1. The molecule has 102 valence electrons. The Bertz CT molecular complexity index is 541. The first-order valence-electron chi connectivity index (χ1n) is 6.80. The van der Waals surface area contributed by atoms with Crippen molar-refractivity contribution in [3.8, 4) is 5.75 Å². The Kier molecular flexibility index (Phi) is 5.06. The Morgan fingerprint density at radius 3 is 2.53 bits per heavy atom. The highest BCUT2D eigenvalue weighted by Crippen LogP contribution is 2.31. The average Bonchev–Trinajstić information content (AvgIpc) is 2.46. The van der Waals surface area contributed by atoms with Crippen LogP contribution in [0.25, 0.3) is 10.8 Å². The molecule has 1 unspecified atom stereocenters. The minimum atomic E-state index is 0.185. The van der Waals surface area contributed by atoms with Gasteiger partial charge in [-0.15, -0.1) is 0 Å². The van der Waals surface area contributed by atoms with Crippen molar-refractivity contribution in [2.24, 2.45) is 0 Å². The SMILES string of the molecule is CCNCC(CC)Oc1ccc(Cl)c2ccccc12. The minimum Gasteiger partial charge on any atom is -0.488 e. The highest BCUT2D eigenvalue weighted by molar-refractivity contribution is 6.35. The maximum atomic E-state index is 6.22. The van der Waals surface area contributed by atoms with Gasteiger partial charge in [0, 0.05) is 22.3 Å². The van der Waals surface area contributed by atoms with Crippen molar-refractivity contribution in [1.82, 2.24) is 5.32 Å². The molecule has 1 N–H and O–H groups in total. The van der Waals surface area contributed by atoms with Crippen LogP contribution in [0.5, 0.6) is 5.75 Å². The van der Waals surface area contributed by atoms with Crippen LogP contribution in [0.2, 0.25) is 5.02 Å². The van der Waals surface area contributed by atoms with E-state index in [1.807, 2.05) is 30.3 Å².